The summed E-state index contributed by atoms with van der Waals surface area (Å²) in [4.78, 5) is 41.6. The van der Waals surface area contributed by atoms with Gasteiger partial charge in [-0.25, -0.2) is 14.5 Å². The zero-order chi connectivity index (χ0) is 23.6. The van der Waals surface area contributed by atoms with Crippen LogP contribution in [0.5, 0.6) is 0 Å². The number of hydrogen-bond donors (Lipinski definition) is 3. The van der Waals surface area contributed by atoms with Crippen LogP contribution in [-0.4, -0.2) is 44.7 Å². The summed E-state index contributed by atoms with van der Waals surface area (Å²) in [5, 5.41) is 17.4. The average molecular weight is 473 g/mol. The van der Waals surface area contributed by atoms with Crippen LogP contribution in [-0.2, 0) is 21.7 Å². The van der Waals surface area contributed by atoms with Gasteiger partial charge in [-0.2, -0.15) is 0 Å². The zero-order valence-electron chi connectivity index (χ0n) is 18.8. The first kappa shape index (κ1) is 25.9. The number of rotatable bonds is 8. The fraction of sp³-hybridized carbons (Fsp3) is 0.333. The first-order valence-electron chi connectivity index (χ1n) is 10.4. The van der Waals surface area contributed by atoms with E-state index in [0.29, 0.717) is 11.1 Å². The summed E-state index contributed by atoms with van der Waals surface area (Å²) in [5.74, 6) is -1.93. The van der Waals surface area contributed by atoms with Crippen molar-refractivity contribution in [2.45, 2.75) is 45.3 Å². The molecule has 1 saturated heterocycles. The second-order valence-electron chi connectivity index (χ2n) is 8.58. The van der Waals surface area contributed by atoms with Gasteiger partial charge in [0.1, 0.15) is 17.4 Å². The number of carboxylic acids is 1. The predicted octanol–water partition coefficient (Wildman–Crippen LogP) is 3.57. The van der Waals surface area contributed by atoms with E-state index in [0.717, 1.165) is 10.5 Å². The van der Waals surface area contributed by atoms with Crippen molar-refractivity contribution in [2.24, 2.45) is 11.7 Å². The minimum Gasteiger partial charge on any atom is -0.480 e. The average Bonchev–Trinajstić information content (AvgIpc) is 2.94. The molecule has 0 bridgehead atoms. The van der Waals surface area contributed by atoms with E-state index >= 15 is 0 Å². The number of halogens is 1. The van der Waals surface area contributed by atoms with Gasteiger partial charge in [-0.05, 0) is 30.4 Å². The molecule has 1 heterocycles. The molecule has 176 valence electrons. The van der Waals surface area contributed by atoms with Crippen LogP contribution in [0.1, 0.15) is 43.9 Å². The molecule has 0 unspecified atom stereocenters. The third kappa shape index (κ3) is 4.85. The van der Waals surface area contributed by atoms with Crippen LogP contribution in [0.4, 0.5) is 4.79 Å². The maximum Gasteiger partial charge on any atom is 0.329 e. The Kier molecular flexibility index (Phi) is 7.87. The molecule has 3 rings (SSSR count). The van der Waals surface area contributed by atoms with E-state index < -0.39 is 29.5 Å². The molecule has 0 radical (unpaired) electrons. The molecular formula is C24H29ClN4O4. The lowest BCUT2D eigenvalue weighted by Crippen LogP contribution is -2.47. The number of nitrogens with one attached hydrogen (secondary N) is 1. The van der Waals surface area contributed by atoms with Crippen molar-refractivity contribution in [2.75, 3.05) is 0 Å². The Balaban J connectivity index is 0.00000385. The maximum atomic E-state index is 13.7. The number of benzene rings is 2. The minimum atomic E-state index is -1.41. The number of carboxylic acid groups (broad SMARTS) is 1. The fourth-order valence-electron chi connectivity index (χ4n) is 4.04. The van der Waals surface area contributed by atoms with Crippen molar-refractivity contribution in [3.63, 3.8) is 0 Å². The van der Waals surface area contributed by atoms with Gasteiger partial charge < -0.3 is 15.7 Å². The molecule has 33 heavy (non-hydrogen) atoms. The van der Waals surface area contributed by atoms with Gasteiger partial charge in [0.15, 0.2) is 0 Å². The normalized spacial score (nSPS) is 18.9. The maximum absolute atomic E-state index is 13.7. The summed E-state index contributed by atoms with van der Waals surface area (Å²) in [5.41, 5.74) is 5.97. The van der Waals surface area contributed by atoms with Gasteiger partial charge in [0.25, 0.3) is 5.91 Å². The Hall–Kier alpha value is -3.39. The van der Waals surface area contributed by atoms with Gasteiger partial charge >= 0.3 is 12.0 Å². The summed E-state index contributed by atoms with van der Waals surface area (Å²) in [7, 11) is 0. The summed E-state index contributed by atoms with van der Waals surface area (Å²) < 4.78 is 0. The zero-order valence-corrected chi connectivity index (χ0v) is 19.6. The van der Waals surface area contributed by atoms with Gasteiger partial charge in [-0.15, -0.1) is 12.4 Å². The highest BCUT2D eigenvalue weighted by atomic mass is 35.5. The number of carbonyl (C=O) groups excluding carboxylic acids is 2. The third-order valence-corrected chi connectivity index (χ3v) is 5.84. The molecular weight excluding hydrogens is 444 g/mol. The molecule has 1 aliphatic heterocycles. The van der Waals surface area contributed by atoms with E-state index in [4.69, 9.17) is 11.1 Å². The third-order valence-electron chi connectivity index (χ3n) is 5.84. The molecule has 2 atom stereocenters. The minimum absolute atomic E-state index is 0. The SMILES string of the molecule is CC(C)C[C@@H](C(=O)O)N1C(=O)N(Cc2ccccc2)[C@@](C)(c2ccc(C(=N)N)cc2)C1=O.Cl. The Morgan fingerprint density at radius 2 is 1.67 bits per heavy atom. The molecule has 0 spiro atoms. The van der Waals surface area contributed by atoms with Gasteiger partial charge in [-0.3, -0.25) is 10.2 Å². The summed E-state index contributed by atoms with van der Waals surface area (Å²) in [6, 6.07) is 13.9. The molecule has 0 aromatic heterocycles. The topological polar surface area (TPSA) is 128 Å². The lowest BCUT2D eigenvalue weighted by atomic mass is 9.88. The molecule has 3 amide bonds. The summed E-state index contributed by atoms with van der Waals surface area (Å²) >= 11 is 0. The molecule has 4 N–H and O–H groups in total. The van der Waals surface area contributed by atoms with Crippen LogP contribution >= 0.6 is 12.4 Å². The molecule has 0 saturated carbocycles. The molecule has 2 aromatic rings. The largest absolute Gasteiger partial charge is 0.480 e. The molecule has 9 heteroatoms. The Morgan fingerprint density at radius 3 is 2.15 bits per heavy atom. The number of amidine groups is 1. The molecule has 0 aliphatic carbocycles. The van der Waals surface area contributed by atoms with E-state index in [9.17, 15) is 19.5 Å². The first-order valence-corrected chi connectivity index (χ1v) is 10.4. The van der Waals surface area contributed by atoms with Crippen molar-refractivity contribution in [1.29, 1.82) is 5.41 Å². The van der Waals surface area contributed by atoms with Crippen LogP contribution in [0.15, 0.2) is 54.6 Å². The first-order chi connectivity index (χ1) is 15.1. The molecule has 2 aromatic carbocycles. The van der Waals surface area contributed by atoms with E-state index in [2.05, 4.69) is 0 Å². The number of amides is 3. The Labute approximate surface area is 199 Å². The number of nitrogens with two attached hydrogens (primary N) is 1. The van der Waals surface area contributed by atoms with Crippen LogP contribution in [0.25, 0.3) is 0 Å². The molecule has 8 nitrogen and oxygen atoms in total. The second-order valence-corrected chi connectivity index (χ2v) is 8.58. The van der Waals surface area contributed by atoms with E-state index in [1.807, 2.05) is 44.2 Å². The number of urea groups is 1. The van der Waals surface area contributed by atoms with Crippen LogP contribution < -0.4 is 5.73 Å². The van der Waals surface area contributed by atoms with Crippen molar-refractivity contribution >= 4 is 36.2 Å². The number of aliphatic carboxylic acids is 1. The van der Waals surface area contributed by atoms with Crippen molar-refractivity contribution in [1.82, 2.24) is 9.80 Å². The van der Waals surface area contributed by atoms with E-state index in [1.54, 1.807) is 31.2 Å². The fourth-order valence-corrected chi connectivity index (χ4v) is 4.04. The van der Waals surface area contributed by atoms with Crippen molar-refractivity contribution in [3.05, 3.63) is 71.3 Å². The highest BCUT2D eigenvalue weighted by molar-refractivity contribution is 6.09. The number of imide groups is 1. The van der Waals surface area contributed by atoms with Gasteiger partial charge in [-0.1, -0.05) is 68.4 Å². The van der Waals surface area contributed by atoms with Crippen molar-refractivity contribution in [3.8, 4) is 0 Å². The van der Waals surface area contributed by atoms with Crippen molar-refractivity contribution < 1.29 is 19.5 Å². The Morgan fingerprint density at radius 1 is 1.09 bits per heavy atom. The quantitative estimate of drug-likeness (QED) is 0.307. The number of nitrogen functional groups attached to an aromatic ring is 1. The number of hydrogen-bond acceptors (Lipinski definition) is 4. The highest BCUT2D eigenvalue weighted by Crippen LogP contribution is 2.40. The van der Waals surface area contributed by atoms with E-state index in [1.165, 1.54) is 4.90 Å². The lowest BCUT2D eigenvalue weighted by Gasteiger charge is -2.32. The monoisotopic (exact) mass is 472 g/mol. The summed E-state index contributed by atoms with van der Waals surface area (Å²) in [6.07, 6.45) is 0.158. The predicted molar refractivity (Wildman–Crippen MR) is 127 cm³/mol. The van der Waals surface area contributed by atoms with Crippen LogP contribution in [0.2, 0.25) is 0 Å². The second kappa shape index (κ2) is 10.0. The Bertz CT molecular complexity index is 1040. The summed E-state index contributed by atoms with van der Waals surface area (Å²) in [6.45, 7) is 5.47. The molecule has 1 fully saturated rings. The van der Waals surface area contributed by atoms with Crippen LogP contribution in [0, 0.1) is 11.3 Å². The highest BCUT2D eigenvalue weighted by Gasteiger charge is 2.58. The lowest BCUT2D eigenvalue weighted by molar-refractivity contribution is -0.148. The van der Waals surface area contributed by atoms with Crippen LogP contribution in [0.3, 0.4) is 0 Å². The standard InChI is InChI=1S/C24H28N4O4.ClH/c1-15(2)13-19(21(29)30)28-22(31)24(3,18-11-9-17(10-12-18)20(25)26)27(23(28)32)14-16-7-5-4-6-8-16;/h4-12,15,19H,13-14H2,1-3H3,(H3,25,26)(H,29,30);1H/t19-,24-;/m0./s1. The number of nitrogens with zero attached hydrogens (tertiary/aromatic N) is 2. The van der Waals surface area contributed by atoms with E-state index in [-0.39, 0.29) is 37.1 Å². The van der Waals surface area contributed by atoms with Gasteiger partial charge in [0.2, 0.25) is 0 Å². The molecule has 1 aliphatic rings. The number of carbonyl (C=O) groups is 3. The van der Waals surface area contributed by atoms with Gasteiger partial charge in [0, 0.05) is 12.1 Å². The smallest absolute Gasteiger partial charge is 0.329 e. The van der Waals surface area contributed by atoms with Gasteiger partial charge in [0.05, 0.1) is 0 Å².